The number of hydrogen-bond donors (Lipinski definition) is 1. The average Bonchev–Trinajstić information content (AvgIpc) is 3.56. The molecule has 6 aromatic carbocycles. The molecule has 7 rings (SSSR count). The molecule has 0 atom stereocenters. The number of aromatic amines is 1. The monoisotopic (exact) mass is 625 g/mol. The SMILES string of the molecule is CCc1ccc(-c2c(-c3ccc(C(C)(C)C)cc3)c(-c3ccc(OC)cc3)c(-c3ccccc3)c3c(-c4ccc(C)cc4)c[nH]c23)cc1. The molecule has 2 heteroatoms. The molecule has 0 spiro atoms. The van der Waals surface area contributed by atoms with Gasteiger partial charge in [-0.15, -0.1) is 0 Å². The Morgan fingerprint density at radius 2 is 1.08 bits per heavy atom. The highest BCUT2D eigenvalue weighted by Crippen LogP contribution is 2.53. The minimum atomic E-state index is 0.0533. The minimum absolute atomic E-state index is 0.0533. The molecule has 0 aliphatic carbocycles. The van der Waals surface area contributed by atoms with Crippen molar-refractivity contribution in [2.75, 3.05) is 7.11 Å². The van der Waals surface area contributed by atoms with Gasteiger partial charge in [-0.2, -0.15) is 0 Å². The number of nitrogens with one attached hydrogen (secondary N) is 1. The summed E-state index contributed by atoms with van der Waals surface area (Å²) in [7, 11) is 1.73. The van der Waals surface area contributed by atoms with Crippen molar-refractivity contribution in [1.29, 1.82) is 0 Å². The van der Waals surface area contributed by atoms with Gasteiger partial charge in [-0.05, 0) is 75.4 Å². The van der Waals surface area contributed by atoms with Crippen LogP contribution in [0.3, 0.4) is 0 Å². The summed E-state index contributed by atoms with van der Waals surface area (Å²) in [5.41, 5.74) is 17.0. The van der Waals surface area contributed by atoms with Crippen molar-refractivity contribution in [2.24, 2.45) is 0 Å². The fourth-order valence-corrected chi connectivity index (χ4v) is 6.90. The third-order valence-electron chi connectivity index (χ3n) is 9.62. The van der Waals surface area contributed by atoms with E-state index >= 15 is 0 Å². The van der Waals surface area contributed by atoms with Crippen molar-refractivity contribution < 1.29 is 4.74 Å². The molecular formula is C46H43NO. The Kier molecular flexibility index (Phi) is 8.27. The zero-order valence-electron chi connectivity index (χ0n) is 28.8. The number of H-pyrrole nitrogens is 1. The van der Waals surface area contributed by atoms with Crippen LogP contribution >= 0.6 is 0 Å². The van der Waals surface area contributed by atoms with Crippen molar-refractivity contribution in [1.82, 2.24) is 4.98 Å². The second kappa shape index (κ2) is 12.7. The lowest BCUT2D eigenvalue weighted by atomic mass is 9.78. The molecular weight excluding hydrogens is 583 g/mol. The van der Waals surface area contributed by atoms with E-state index in [-0.39, 0.29) is 5.41 Å². The predicted octanol–water partition coefficient (Wildman–Crippen LogP) is 12.7. The molecule has 0 radical (unpaired) electrons. The standard InChI is InChI=1S/C46H43NO/c1-7-31-15-19-36(20-16-31)43-41(34-21-25-37(26-22-34)46(3,4)5)40(35-23-27-38(48-6)28-24-35)42(33-11-9-8-10-12-33)44-39(29-47-45(43)44)32-17-13-30(2)14-18-32/h8-29,47H,7H2,1-6H3. The van der Waals surface area contributed by atoms with Crippen LogP contribution in [0.25, 0.3) is 66.5 Å². The summed E-state index contributed by atoms with van der Waals surface area (Å²) in [4.78, 5) is 3.83. The van der Waals surface area contributed by atoms with E-state index in [2.05, 4.69) is 173 Å². The third-order valence-corrected chi connectivity index (χ3v) is 9.62. The molecule has 0 amide bonds. The number of benzene rings is 6. The van der Waals surface area contributed by atoms with Crippen LogP contribution in [0.4, 0.5) is 0 Å². The van der Waals surface area contributed by atoms with Crippen molar-refractivity contribution in [3.05, 3.63) is 150 Å². The maximum Gasteiger partial charge on any atom is 0.118 e. The van der Waals surface area contributed by atoms with Crippen LogP contribution in [0.15, 0.2) is 134 Å². The first kappa shape index (κ1) is 31.3. The molecule has 238 valence electrons. The van der Waals surface area contributed by atoms with Crippen molar-refractivity contribution in [2.45, 2.75) is 46.5 Å². The van der Waals surface area contributed by atoms with E-state index in [1.54, 1.807) is 7.11 Å². The first-order valence-corrected chi connectivity index (χ1v) is 16.9. The zero-order chi connectivity index (χ0) is 33.4. The lowest BCUT2D eigenvalue weighted by molar-refractivity contribution is 0.415. The normalized spacial score (nSPS) is 11.6. The van der Waals surface area contributed by atoms with Gasteiger partial charge < -0.3 is 9.72 Å². The smallest absolute Gasteiger partial charge is 0.118 e. The summed E-state index contributed by atoms with van der Waals surface area (Å²) >= 11 is 0. The van der Waals surface area contributed by atoms with Crippen LogP contribution in [0.2, 0.25) is 0 Å². The van der Waals surface area contributed by atoms with Gasteiger partial charge in [-0.3, -0.25) is 0 Å². The highest BCUT2D eigenvalue weighted by molar-refractivity contribution is 6.21. The first-order valence-electron chi connectivity index (χ1n) is 16.9. The molecule has 7 aromatic rings. The van der Waals surface area contributed by atoms with Gasteiger partial charge in [0, 0.05) is 33.8 Å². The molecule has 0 saturated heterocycles. The molecule has 48 heavy (non-hydrogen) atoms. The molecule has 1 N–H and O–H groups in total. The van der Waals surface area contributed by atoms with E-state index in [0.29, 0.717) is 0 Å². The van der Waals surface area contributed by atoms with E-state index in [0.717, 1.165) is 23.3 Å². The second-order valence-electron chi connectivity index (χ2n) is 13.8. The summed E-state index contributed by atoms with van der Waals surface area (Å²) in [6.45, 7) is 11.2. The number of hydrogen-bond acceptors (Lipinski definition) is 1. The Balaban J connectivity index is 1.70. The Morgan fingerprint density at radius 3 is 1.67 bits per heavy atom. The van der Waals surface area contributed by atoms with Gasteiger partial charge in [0.05, 0.1) is 12.6 Å². The van der Waals surface area contributed by atoms with Gasteiger partial charge in [0.15, 0.2) is 0 Å². The summed E-state index contributed by atoms with van der Waals surface area (Å²) in [5.74, 6) is 0.842. The maximum absolute atomic E-state index is 5.63. The molecule has 1 aromatic heterocycles. The van der Waals surface area contributed by atoms with Crippen LogP contribution in [-0.4, -0.2) is 12.1 Å². The topological polar surface area (TPSA) is 25.0 Å². The van der Waals surface area contributed by atoms with E-state index in [1.807, 2.05) is 0 Å². The van der Waals surface area contributed by atoms with Crippen molar-refractivity contribution in [3.8, 4) is 61.4 Å². The van der Waals surface area contributed by atoms with Crippen LogP contribution in [-0.2, 0) is 11.8 Å². The number of fused-ring (bicyclic) bond motifs is 1. The molecule has 1 heterocycles. The predicted molar refractivity (Wildman–Crippen MR) is 205 cm³/mol. The summed E-state index contributed by atoms with van der Waals surface area (Å²) in [6.07, 6.45) is 3.21. The van der Waals surface area contributed by atoms with E-state index in [4.69, 9.17) is 4.74 Å². The van der Waals surface area contributed by atoms with Crippen LogP contribution in [0, 0.1) is 6.92 Å². The van der Waals surface area contributed by atoms with E-state index < -0.39 is 0 Å². The first-order chi connectivity index (χ1) is 23.3. The van der Waals surface area contributed by atoms with Gasteiger partial charge in [-0.25, -0.2) is 0 Å². The van der Waals surface area contributed by atoms with Crippen LogP contribution in [0.1, 0.15) is 44.4 Å². The molecule has 0 aliphatic rings. The average molecular weight is 626 g/mol. The highest BCUT2D eigenvalue weighted by Gasteiger charge is 2.27. The number of rotatable bonds is 7. The van der Waals surface area contributed by atoms with Crippen molar-refractivity contribution in [3.63, 3.8) is 0 Å². The Hall–Kier alpha value is -5.34. The molecule has 0 bridgehead atoms. The van der Waals surface area contributed by atoms with Crippen LogP contribution < -0.4 is 4.74 Å². The summed E-state index contributed by atoms with van der Waals surface area (Å²) < 4.78 is 5.63. The summed E-state index contributed by atoms with van der Waals surface area (Å²) in [6, 6.07) is 46.7. The Bertz CT molecular complexity index is 2180. The number of ether oxygens (including phenoxy) is 1. The fourth-order valence-electron chi connectivity index (χ4n) is 6.90. The highest BCUT2D eigenvalue weighted by atomic mass is 16.5. The van der Waals surface area contributed by atoms with Gasteiger partial charge in [0.2, 0.25) is 0 Å². The van der Waals surface area contributed by atoms with E-state index in [9.17, 15) is 0 Å². The van der Waals surface area contributed by atoms with Gasteiger partial charge in [0.25, 0.3) is 0 Å². The van der Waals surface area contributed by atoms with Crippen molar-refractivity contribution >= 4 is 10.9 Å². The lowest BCUT2D eigenvalue weighted by Crippen LogP contribution is -2.10. The molecule has 0 saturated carbocycles. The molecule has 0 aliphatic heterocycles. The van der Waals surface area contributed by atoms with Gasteiger partial charge in [-0.1, -0.05) is 149 Å². The van der Waals surface area contributed by atoms with E-state index in [1.165, 1.54) is 72.1 Å². The second-order valence-corrected chi connectivity index (χ2v) is 13.8. The van der Waals surface area contributed by atoms with Crippen LogP contribution in [0.5, 0.6) is 5.75 Å². The quantitative estimate of drug-likeness (QED) is 0.187. The van der Waals surface area contributed by atoms with Gasteiger partial charge >= 0.3 is 0 Å². The van der Waals surface area contributed by atoms with Gasteiger partial charge in [0.1, 0.15) is 5.75 Å². The lowest BCUT2D eigenvalue weighted by Gasteiger charge is -2.24. The fraction of sp³-hybridized carbons (Fsp3) is 0.174. The molecule has 0 unspecified atom stereocenters. The number of aryl methyl sites for hydroxylation is 2. The summed E-state index contributed by atoms with van der Waals surface area (Å²) in [5, 5.41) is 1.22. The Morgan fingerprint density at radius 1 is 0.562 bits per heavy atom. The molecule has 0 fully saturated rings. The molecule has 2 nitrogen and oxygen atoms in total. The Labute approximate surface area is 285 Å². The number of aromatic nitrogens is 1. The zero-order valence-corrected chi connectivity index (χ0v) is 28.8. The largest absolute Gasteiger partial charge is 0.497 e. The maximum atomic E-state index is 5.63. The number of methoxy groups -OCH3 is 1. The third kappa shape index (κ3) is 5.73. The minimum Gasteiger partial charge on any atom is -0.497 e.